The third kappa shape index (κ3) is 11.4. The first-order valence-corrected chi connectivity index (χ1v) is 5.41. The Morgan fingerprint density at radius 2 is 1.77 bits per heavy atom. The summed E-state index contributed by atoms with van der Waals surface area (Å²) in [5, 5.41) is 0. The number of allylic oxidation sites excluding steroid dienone is 2. The molecule has 0 rings (SSSR count). The maximum absolute atomic E-state index is 10.6. The minimum atomic E-state index is 0.252. The summed E-state index contributed by atoms with van der Waals surface area (Å²) in [6.45, 7) is 3.86. The van der Waals surface area contributed by atoms with Gasteiger partial charge in [-0.05, 0) is 19.8 Å². The zero-order valence-corrected chi connectivity index (χ0v) is 9.01. The Balaban J connectivity index is 3.06. The van der Waals surface area contributed by atoms with E-state index in [1.54, 1.807) is 6.92 Å². The van der Waals surface area contributed by atoms with E-state index in [1.165, 1.54) is 32.1 Å². The average molecular weight is 182 g/mol. The molecule has 1 nitrogen and oxygen atoms in total. The van der Waals surface area contributed by atoms with Crippen LogP contribution in [0.15, 0.2) is 12.2 Å². The molecule has 0 bridgehead atoms. The molecule has 0 N–H and O–H groups in total. The first-order chi connectivity index (χ1) is 6.27. The number of carbonyl (C=O) groups is 1. The van der Waals surface area contributed by atoms with E-state index in [1.807, 2.05) is 6.08 Å². The van der Waals surface area contributed by atoms with E-state index in [4.69, 9.17) is 0 Å². The minimum Gasteiger partial charge on any atom is -0.300 e. The van der Waals surface area contributed by atoms with Crippen molar-refractivity contribution in [2.75, 3.05) is 0 Å². The lowest BCUT2D eigenvalue weighted by Crippen LogP contribution is -1.84. The van der Waals surface area contributed by atoms with E-state index in [9.17, 15) is 4.79 Å². The Labute approximate surface area is 82.2 Å². The average Bonchev–Trinajstić information content (AvgIpc) is 2.09. The summed E-state index contributed by atoms with van der Waals surface area (Å²) in [4.78, 5) is 10.6. The molecular weight excluding hydrogens is 160 g/mol. The molecule has 0 aliphatic heterocycles. The Hall–Kier alpha value is -0.590. The zero-order chi connectivity index (χ0) is 9.94. The summed E-state index contributed by atoms with van der Waals surface area (Å²) in [7, 11) is 0. The Morgan fingerprint density at radius 3 is 2.38 bits per heavy atom. The first-order valence-electron chi connectivity index (χ1n) is 5.41. The highest BCUT2D eigenvalue weighted by Crippen LogP contribution is 2.05. The van der Waals surface area contributed by atoms with Crippen molar-refractivity contribution >= 4 is 5.78 Å². The summed E-state index contributed by atoms with van der Waals surface area (Å²) in [6, 6.07) is 0. The van der Waals surface area contributed by atoms with E-state index < -0.39 is 0 Å². The predicted molar refractivity (Wildman–Crippen MR) is 57.8 cm³/mol. The SMILES string of the molecule is CCCCCCC/C=C\CC(C)=O. The summed E-state index contributed by atoms with van der Waals surface area (Å²) in [5.74, 6) is 0.252. The van der Waals surface area contributed by atoms with Crippen LogP contribution in [0, 0.1) is 0 Å². The Bertz CT molecular complexity index is 147. The van der Waals surface area contributed by atoms with Gasteiger partial charge in [0.15, 0.2) is 0 Å². The van der Waals surface area contributed by atoms with Crippen molar-refractivity contribution in [3.8, 4) is 0 Å². The van der Waals surface area contributed by atoms with Crippen LogP contribution in [-0.2, 0) is 4.79 Å². The van der Waals surface area contributed by atoms with Crippen molar-refractivity contribution in [1.29, 1.82) is 0 Å². The van der Waals surface area contributed by atoms with Crippen molar-refractivity contribution in [2.45, 2.75) is 58.8 Å². The standard InChI is InChI=1S/C12H22O/c1-3-4-5-6-7-8-9-10-11-12(2)13/h9-10H,3-8,11H2,1-2H3/b10-9-. The van der Waals surface area contributed by atoms with Gasteiger partial charge in [0.2, 0.25) is 0 Å². The summed E-state index contributed by atoms with van der Waals surface area (Å²) >= 11 is 0. The lowest BCUT2D eigenvalue weighted by atomic mass is 10.1. The van der Waals surface area contributed by atoms with E-state index in [0.29, 0.717) is 6.42 Å². The van der Waals surface area contributed by atoms with Crippen molar-refractivity contribution in [2.24, 2.45) is 0 Å². The van der Waals surface area contributed by atoms with Crippen molar-refractivity contribution in [3.63, 3.8) is 0 Å². The van der Waals surface area contributed by atoms with Crippen LogP contribution in [0.5, 0.6) is 0 Å². The van der Waals surface area contributed by atoms with Gasteiger partial charge in [-0.25, -0.2) is 0 Å². The number of hydrogen-bond acceptors (Lipinski definition) is 1. The largest absolute Gasteiger partial charge is 0.300 e. The molecule has 0 spiro atoms. The third-order valence-corrected chi connectivity index (χ3v) is 2.05. The highest BCUT2D eigenvalue weighted by Gasteiger charge is 1.87. The molecule has 0 aliphatic carbocycles. The topological polar surface area (TPSA) is 17.1 Å². The summed E-state index contributed by atoms with van der Waals surface area (Å²) in [5.41, 5.74) is 0. The fourth-order valence-electron chi connectivity index (χ4n) is 1.23. The Morgan fingerprint density at radius 1 is 1.08 bits per heavy atom. The van der Waals surface area contributed by atoms with Gasteiger partial charge < -0.3 is 0 Å². The highest BCUT2D eigenvalue weighted by molar-refractivity contribution is 5.76. The second-order valence-corrected chi connectivity index (χ2v) is 3.58. The van der Waals surface area contributed by atoms with Gasteiger partial charge in [-0.2, -0.15) is 0 Å². The molecule has 13 heavy (non-hydrogen) atoms. The van der Waals surface area contributed by atoms with Gasteiger partial charge in [0.25, 0.3) is 0 Å². The monoisotopic (exact) mass is 182 g/mol. The molecule has 0 heterocycles. The molecule has 76 valence electrons. The fourth-order valence-corrected chi connectivity index (χ4v) is 1.23. The van der Waals surface area contributed by atoms with Gasteiger partial charge in [0.1, 0.15) is 5.78 Å². The van der Waals surface area contributed by atoms with Gasteiger partial charge in [0.05, 0.1) is 0 Å². The second-order valence-electron chi connectivity index (χ2n) is 3.58. The Kier molecular flexibility index (Phi) is 9.07. The summed E-state index contributed by atoms with van der Waals surface area (Å²) < 4.78 is 0. The number of hydrogen-bond donors (Lipinski definition) is 0. The molecular formula is C12H22O. The normalized spacial score (nSPS) is 10.9. The molecule has 0 aromatic heterocycles. The molecule has 0 aromatic carbocycles. The molecule has 0 saturated carbocycles. The van der Waals surface area contributed by atoms with Crippen LogP contribution in [0.4, 0.5) is 0 Å². The number of Topliss-reactive ketones (excluding diaryl/α,β-unsaturated/α-hetero) is 1. The van der Waals surface area contributed by atoms with Crippen LogP contribution in [0.2, 0.25) is 0 Å². The lowest BCUT2D eigenvalue weighted by Gasteiger charge is -1.95. The van der Waals surface area contributed by atoms with E-state index in [2.05, 4.69) is 13.0 Å². The molecule has 1 heteroatoms. The predicted octanol–water partition coefficient (Wildman–Crippen LogP) is 3.88. The number of rotatable bonds is 8. The van der Waals surface area contributed by atoms with E-state index in [0.717, 1.165) is 6.42 Å². The van der Waals surface area contributed by atoms with Gasteiger partial charge in [0, 0.05) is 6.42 Å². The molecule has 0 amide bonds. The van der Waals surface area contributed by atoms with Crippen LogP contribution in [0.1, 0.15) is 58.8 Å². The van der Waals surface area contributed by atoms with Gasteiger partial charge in [-0.15, -0.1) is 0 Å². The number of unbranched alkanes of at least 4 members (excludes halogenated alkanes) is 5. The van der Waals surface area contributed by atoms with Crippen LogP contribution in [0.25, 0.3) is 0 Å². The zero-order valence-electron chi connectivity index (χ0n) is 9.01. The highest BCUT2D eigenvalue weighted by atomic mass is 16.1. The van der Waals surface area contributed by atoms with Gasteiger partial charge in [-0.3, -0.25) is 4.79 Å². The van der Waals surface area contributed by atoms with Crippen molar-refractivity contribution in [1.82, 2.24) is 0 Å². The van der Waals surface area contributed by atoms with Crippen LogP contribution in [0.3, 0.4) is 0 Å². The van der Waals surface area contributed by atoms with Crippen LogP contribution >= 0.6 is 0 Å². The molecule has 0 atom stereocenters. The van der Waals surface area contributed by atoms with Crippen LogP contribution < -0.4 is 0 Å². The molecule has 0 unspecified atom stereocenters. The third-order valence-electron chi connectivity index (χ3n) is 2.05. The lowest BCUT2D eigenvalue weighted by molar-refractivity contribution is -0.116. The van der Waals surface area contributed by atoms with E-state index in [-0.39, 0.29) is 5.78 Å². The number of carbonyl (C=O) groups excluding carboxylic acids is 1. The summed E-state index contributed by atoms with van der Waals surface area (Å²) in [6.07, 6.45) is 12.5. The van der Waals surface area contributed by atoms with Crippen LogP contribution in [-0.4, -0.2) is 5.78 Å². The smallest absolute Gasteiger partial charge is 0.133 e. The van der Waals surface area contributed by atoms with E-state index >= 15 is 0 Å². The number of ketones is 1. The molecule has 0 saturated heterocycles. The van der Waals surface area contributed by atoms with Gasteiger partial charge >= 0.3 is 0 Å². The minimum absolute atomic E-state index is 0.252. The molecule has 0 aromatic rings. The molecule has 0 fully saturated rings. The fraction of sp³-hybridized carbons (Fsp3) is 0.750. The van der Waals surface area contributed by atoms with Gasteiger partial charge in [-0.1, -0.05) is 44.8 Å². The maximum Gasteiger partial charge on any atom is 0.133 e. The first kappa shape index (κ1) is 12.4. The molecule has 0 radical (unpaired) electrons. The maximum atomic E-state index is 10.6. The second kappa shape index (κ2) is 9.50. The van der Waals surface area contributed by atoms with Crippen molar-refractivity contribution < 1.29 is 4.79 Å². The van der Waals surface area contributed by atoms with Crippen molar-refractivity contribution in [3.05, 3.63) is 12.2 Å². The molecule has 0 aliphatic rings. The quantitative estimate of drug-likeness (QED) is 0.411.